The van der Waals surface area contributed by atoms with E-state index < -0.39 is 10.0 Å². The number of likely N-dealkylation sites (tertiary alicyclic amines) is 1. The van der Waals surface area contributed by atoms with Gasteiger partial charge in [-0.2, -0.15) is 0 Å². The molecule has 1 amide bonds. The highest BCUT2D eigenvalue weighted by Gasteiger charge is 2.24. The SMILES string of the molecule is CNCC1CCCN(C(=O)c2ccc(S(=O)(=O)Nc3ccccc3)cc2)C1.Cl. The number of benzene rings is 2. The minimum atomic E-state index is -3.68. The second kappa shape index (κ2) is 9.91. The van der Waals surface area contributed by atoms with Crippen molar-refractivity contribution in [3.63, 3.8) is 0 Å². The Morgan fingerprint density at radius 1 is 1.11 bits per heavy atom. The molecule has 1 saturated heterocycles. The Kier molecular flexibility index (Phi) is 7.86. The number of halogens is 1. The second-order valence-electron chi connectivity index (χ2n) is 6.81. The molecular weight excluding hydrogens is 398 g/mol. The number of para-hydroxylation sites is 1. The fourth-order valence-corrected chi connectivity index (χ4v) is 4.44. The highest BCUT2D eigenvalue weighted by molar-refractivity contribution is 7.92. The Morgan fingerprint density at radius 2 is 1.79 bits per heavy atom. The van der Waals surface area contributed by atoms with Gasteiger partial charge >= 0.3 is 0 Å². The van der Waals surface area contributed by atoms with E-state index in [-0.39, 0.29) is 23.2 Å². The molecule has 6 nitrogen and oxygen atoms in total. The Balaban J connectivity index is 0.00000280. The van der Waals surface area contributed by atoms with Crippen molar-refractivity contribution < 1.29 is 13.2 Å². The fraction of sp³-hybridized carbons (Fsp3) is 0.350. The van der Waals surface area contributed by atoms with Crippen LogP contribution in [-0.2, 0) is 10.0 Å². The van der Waals surface area contributed by atoms with Crippen molar-refractivity contribution >= 4 is 34.0 Å². The molecule has 2 N–H and O–H groups in total. The van der Waals surface area contributed by atoms with Gasteiger partial charge in [0.1, 0.15) is 0 Å². The molecule has 1 heterocycles. The number of nitrogens with one attached hydrogen (secondary N) is 2. The monoisotopic (exact) mass is 423 g/mol. The van der Waals surface area contributed by atoms with Gasteiger partial charge in [0.25, 0.3) is 15.9 Å². The standard InChI is InChI=1S/C20H25N3O3S.ClH/c1-21-14-16-6-5-13-23(15-16)20(24)17-9-11-19(12-10-17)27(25,26)22-18-7-3-2-4-8-18;/h2-4,7-12,16,21-22H,5-6,13-15H2,1H3;1H. The Morgan fingerprint density at radius 3 is 2.43 bits per heavy atom. The first-order valence-electron chi connectivity index (χ1n) is 9.11. The minimum absolute atomic E-state index is 0. The third-order valence-electron chi connectivity index (χ3n) is 4.74. The second-order valence-corrected chi connectivity index (χ2v) is 8.50. The lowest BCUT2D eigenvalue weighted by molar-refractivity contribution is 0.0674. The molecule has 3 rings (SSSR count). The minimum Gasteiger partial charge on any atom is -0.338 e. The van der Waals surface area contributed by atoms with Gasteiger partial charge in [0.05, 0.1) is 4.90 Å². The Labute approximate surface area is 172 Å². The number of carbonyl (C=O) groups excluding carboxylic acids is 1. The van der Waals surface area contributed by atoms with E-state index in [1.165, 1.54) is 12.1 Å². The van der Waals surface area contributed by atoms with E-state index in [4.69, 9.17) is 0 Å². The van der Waals surface area contributed by atoms with E-state index in [1.807, 2.05) is 18.0 Å². The number of hydrogen-bond acceptors (Lipinski definition) is 4. The summed E-state index contributed by atoms with van der Waals surface area (Å²) < 4.78 is 27.5. The van der Waals surface area contributed by atoms with Crippen molar-refractivity contribution in [2.75, 3.05) is 31.4 Å². The van der Waals surface area contributed by atoms with E-state index in [1.54, 1.807) is 36.4 Å². The van der Waals surface area contributed by atoms with Gasteiger partial charge in [-0.1, -0.05) is 18.2 Å². The number of anilines is 1. The van der Waals surface area contributed by atoms with Crippen LogP contribution in [-0.4, -0.2) is 45.9 Å². The molecule has 152 valence electrons. The molecule has 0 aromatic heterocycles. The topological polar surface area (TPSA) is 78.5 Å². The average molecular weight is 424 g/mol. The van der Waals surface area contributed by atoms with Crippen LogP contribution < -0.4 is 10.0 Å². The molecule has 1 atom stereocenters. The van der Waals surface area contributed by atoms with E-state index in [2.05, 4.69) is 10.0 Å². The predicted molar refractivity (Wildman–Crippen MR) is 113 cm³/mol. The number of hydrogen-bond donors (Lipinski definition) is 2. The number of sulfonamides is 1. The van der Waals surface area contributed by atoms with E-state index >= 15 is 0 Å². The van der Waals surface area contributed by atoms with Gasteiger partial charge in [-0.05, 0) is 68.8 Å². The van der Waals surface area contributed by atoms with Crippen LogP contribution in [0.25, 0.3) is 0 Å². The molecule has 1 aliphatic heterocycles. The zero-order valence-electron chi connectivity index (χ0n) is 15.8. The van der Waals surface area contributed by atoms with Crippen molar-refractivity contribution in [1.29, 1.82) is 0 Å². The Hall–Kier alpha value is -2.09. The first-order valence-corrected chi connectivity index (χ1v) is 10.6. The maximum atomic E-state index is 12.7. The first-order chi connectivity index (χ1) is 13.0. The molecule has 0 saturated carbocycles. The molecule has 0 bridgehead atoms. The van der Waals surface area contributed by atoms with Crippen LogP contribution in [0.4, 0.5) is 5.69 Å². The van der Waals surface area contributed by atoms with Crippen molar-refractivity contribution in [1.82, 2.24) is 10.2 Å². The maximum Gasteiger partial charge on any atom is 0.261 e. The van der Waals surface area contributed by atoms with Gasteiger partial charge in [-0.3, -0.25) is 9.52 Å². The molecule has 0 aliphatic carbocycles. The summed E-state index contributed by atoms with van der Waals surface area (Å²) in [5.74, 6) is 0.415. The maximum absolute atomic E-state index is 12.7. The van der Waals surface area contributed by atoms with Crippen molar-refractivity contribution in [3.05, 3.63) is 60.2 Å². The Bertz CT molecular complexity index is 871. The normalized spacial score (nSPS) is 16.9. The highest BCUT2D eigenvalue weighted by Crippen LogP contribution is 2.20. The van der Waals surface area contributed by atoms with E-state index in [9.17, 15) is 13.2 Å². The zero-order valence-corrected chi connectivity index (χ0v) is 17.4. The lowest BCUT2D eigenvalue weighted by Gasteiger charge is -2.32. The number of nitrogens with zero attached hydrogens (tertiary/aromatic N) is 1. The summed E-state index contributed by atoms with van der Waals surface area (Å²) in [6, 6.07) is 14.9. The van der Waals surface area contributed by atoms with Crippen LogP contribution in [0.2, 0.25) is 0 Å². The van der Waals surface area contributed by atoms with Crippen LogP contribution in [0.15, 0.2) is 59.5 Å². The summed E-state index contributed by atoms with van der Waals surface area (Å²) in [5.41, 5.74) is 1.01. The van der Waals surface area contributed by atoms with Crippen LogP contribution in [0.3, 0.4) is 0 Å². The largest absolute Gasteiger partial charge is 0.338 e. The van der Waals surface area contributed by atoms with Crippen molar-refractivity contribution in [2.24, 2.45) is 5.92 Å². The molecule has 8 heteroatoms. The van der Waals surface area contributed by atoms with Gasteiger partial charge in [-0.15, -0.1) is 12.4 Å². The van der Waals surface area contributed by atoms with Gasteiger partial charge in [0.15, 0.2) is 0 Å². The number of carbonyl (C=O) groups is 1. The van der Waals surface area contributed by atoms with Crippen LogP contribution >= 0.6 is 12.4 Å². The van der Waals surface area contributed by atoms with Gasteiger partial charge in [0, 0.05) is 24.3 Å². The average Bonchev–Trinajstić information content (AvgIpc) is 2.68. The zero-order chi connectivity index (χ0) is 19.3. The molecule has 2 aromatic carbocycles. The third-order valence-corrected chi connectivity index (χ3v) is 6.13. The summed E-state index contributed by atoms with van der Waals surface area (Å²) in [6.07, 6.45) is 2.11. The van der Waals surface area contributed by atoms with Crippen LogP contribution in [0.5, 0.6) is 0 Å². The molecule has 1 fully saturated rings. The number of amides is 1. The number of rotatable bonds is 6. The highest BCUT2D eigenvalue weighted by atomic mass is 35.5. The van der Waals surface area contributed by atoms with Crippen LogP contribution in [0, 0.1) is 5.92 Å². The smallest absolute Gasteiger partial charge is 0.261 e. The van der Waals surface area contributed by atoms with Crippen LogP contribution in [0.1, 0.15) is 23.2 Å². The van der Waals surface area contributed by atoms with Gasteiger partial charge in [-0.25, -0.2) is 8.42 Å². The molecule has 2 aromatic rings. The van der Waals surface area contributed by atoms with Gasteiger partial charge in [0.2, 0.25) is 0 Å². The van der Waals surface area contributed by atoms with Gasteiger partial charge < -0.3 is 10.2 Å². The predicted octanol–water partition coefficient (Wildman–Crippen LogP) is 2.98. The molecule has 1 unspecified atom stereocenters. The van der Waals surface area contributed by atoms with E-state index in [0.717, 1.165) is 32.5 Å². The summed E-state index contributed by atoms with van der Waals surface area (Å²) in [6.45, 7) is 2.37. The third kappa shape index (κ3) is 5.47. The summed E-state index contributed by atoms with van der Waals surface area (Å²) in [7, 11) is -1.76. The molecule has 28 heavy (non-hydrogen) atoms. The quantitative estimate of drug-likeness (QED) is 0.748. The summed E-state index contributed by atoms with van der Waals surface area (Å²) in [4.78, 5) is 14.7. The molecule has 0 spiro atoms. The number of piperidine rings is 1. The lowest BCUT2D eigenvalue weighted by atomic mass is 9.97. The summed E-state index contributed by atoms with van der Waals surface area (Å²) >= 11 is 0. The van der Waals surface area contributed by atoms with Crippen molar-refractivity contribution in [3.8, 4) is 0 Å². The fourth-order valence-electron chi connectivity index (χ4n) is 3.38. The summed E-state index contributed by atoms with van der Waals surface area (Å²) in [5, 5.41) is 3.17. The molecule has 0 radical (unpaired) electrons. The van der Waals surface area contributed by atoms with E-state index in [0.29, 0.717) is 17.2 Å². The van der Waals surface area contributed by atoms with Crippen molar-refractivity contribution in [2.45, 2.75) is 17.7 Å². The first kappa shape index (κ1) is 22.2. The molecule has 1 aliphatic rings. The molecular formula is C20H26ClN3O3S. The lowest BCUT2D eigenvalue weighted by Crippen LogP contribution is -2.42.